The molecule has 5 aromatic rings. The van der Waals surface area contributed by atoms with E-state index < -0.39 is 5.91 Å². The third-order valence-electron chi connectivity index (χ3n) is 6.48. The van der Waals surface area contributed by atoms with Crippen LogP contribution < -0.4 is 5.32 Å². The number of hydrogen-bond acceptors (Lipinski definition) is 4. The fraction of sp³-hybridized carbons (Fsp3) is 0.0571. The molecule has 1 heterocycles. The molecule has 0 unspecified atom stereocenters. The molecule has 0 radical (unpaired) electrons. The van der Waals surface area contributed by atoms with E-state index in [0.717, 1.165) is 28.2 Å². The second kappa shape index (κ2) is 12.5. The fourth-order valence-electron chi connectivity index (χ4n) is 4.61. The van der Waals surface area contributed by atoms with E-state index in [1.165, 1.54) is 0 Å². The van der Waals surface area contributed by atoms with Crippen LogP contribution in [0, 0.1) is 11.3 Å². The first-order chi connectivity index (χ1) is 20.1. The third-order valence-corrected chi connectivity index (χ3v) is 6.48. The SMILES string of the molecule is CCOC(=O)c1ccc(-n2c(-c3ccccc3)cc(/C=C(/C#N)C(=O)Nc3ccccc3)c2-c2ccccc2)cc1. The van der Waals surface area contributed by atoms with Gasteiger partial charge in [-0.25, -0.2) is 4.79 Å². The number of rotatable bonds is 8. The predicted molar refractivity (Wildman–Crippen MR) is 161 cm³/mol. The molecule has 0 bridgehead atoms. The van der Waals surface area contributed by atoms with Crippen LogP contribution in [0.5, 0.6) is 0 Å². The zero-order valence-corrected chi connectivity index (χ0v) is 22.5. The number of carbonyl (C=O) groups excluding carboxylic acids is 2. The summed E-state index contributed by atoms with van der Waals surface area (Å²) in [5.41, 5.74) is 6.05. The van der Waals surface area contributed by atoms with Crippen molar-refractivity contribution in [3.63, 3.8) is 0 Å². The minimum absolute atomic E-state index is 0.0274. The molecule has 0 saturated carbocycles. The van der Waals surface area contributed by atoms with Gasteiger partial charge in [-0.1, -0.05) is 78.9 Å². The van der Waals surface area contributed by atoms with E-state index in [0.29, 0.717) is 23.4 Å². The molecule has 0 fully saturated rings. The van der Waals surface area contributed by atoms with Crippen molar-refractivity contribution < 1.29 is 14.3 Å². The molecule has 6 nitrogen and oxygen atoms in total. The van der Waals surface area contributed by atoms with Gasteiger partial charge in [-0.3, -0.25) is 4.79 Å². The lowest BCUT2D eigenvalue weighted by Gasteiger charge is -2.15. The van der Waals surface area contributed by atoms with E-state index in [1.54, 1.807) is 37.3 Å². The van der Waals surface area contributed by atoms with Gasteiger partial charge >= 0.3 is 5.97 Å². The Morgan fingerprint density at radius 3 is 2.00 bits per heavy atom. The number of nitrogens with one attached hydrogen (secondary N) is 1. The van der Waals surface area contributed by atoms with Crippen LogP contribution >= 0.6 is 0 Å². The molecule has 0 aliphatic heterocycles. The van der Waals surface area contributed by atoms with Gasteiger partial charge in [-0.05, 0) is 66.6 Å². The molecule has 0 spiro atoms. The molecule has 0 atom stereocenters. The highest BCUT2D eigenvalue weighted by atomic mass is 16.5. The van der Waals surface area contributed by atoms with E-state index >= 15 is 0 Å². The summed E-state index contributed by atoms with van der Waals surface area (Å²) in [6.45, 7) is 2.07. The second-order valence-corrected chi connectivity index (χ2v) is 9.16. The molecule has 0 saturated heterocycles. The van der Waals surface area contributed by atoms with Gasteiger partial charge < -0.3 is 14.6 Å². The van der Waals surface area contributed by atoms with Crippen LogP contribution in [0.25, 0.3) is 34.3 Å². The molecule has 1 amide bonds. The zero-order chi connectivity index (χ0) is 28.6. The Bertz CT molecular complexity index is 1730. The largest absolute Gasteiger partial charge is 0.462 e. The van der Waals surface area contributed by atoms with Crippen molar-refractivity contribution in [3.8, 4) is 34.3 Å². The van der Waals surface area contributed by atoms with Gasteiger partial charge in [0.15, 0.2) is 0 Å². The molecule has 0 aliphatic carbocycles. The van der Waals surface area contributed by atoms with Gasteiger partial charge in [0.25, 0.3) is 5.91 Å². The van der Waals surface area contributed by atoms with E-state index in [-0.39, 0.29) is 11.5 Å². The van der Waals surface area contributed by atoms with Gasteiger partial charge in [0.1, 0.15) is 11.6 Å². The van der Waals surface area contributed by atoms with Crippen LogP contribution in [0.3, 0.4) is 0 Å². The third kappa shape index (κ3) is 6.00. The smallest absolute Gasteiger partial charge is 0.338 e. The molecule has 1 N–H and O–H groups in total. The highest BCUT2D eigenvalue weighted by Gasteiger charge is 2.21. The number of nitriles is 1. The van der Waals surface area contributed by atoms with Crippen LogP contribution in [0.4, 0.5) is 5.69 Å². The summed E-state index contributed by atoms with van der Waals surface area (Å²) >= 11 is 0. The number of aromatic nitrogens is 1. The van der Waals surface area contributed by atoms with Crippen molar-refractivity contribution in [2.24, 2.45) is 0 Å². The molecule has 6 heteroatoms. The molecular formula is C35H27N3O3. The second-order valence-electron chi connectivity index (χ2n) is 9.16. The molecule has 41 heavy (non-hydrogen) atoms. The van der Waals surface area contributed by atoms with Crippen LogP contribution in [-0.2, 0) is 9.53 Å². The number of hydrogen-bond donors (Lipinski definition) is 1. The van der Waals surface area contributed by atoms with Gasteiger partial charge in [0.2, 0.25) is 0 Å². The topological polar surface area (TPSA) is 84.1 Å². The maximum absolute atomic E-state index is 13.1. The number of nitrogens with zero attached hydrogens (tertiary/aromatic N) is 2. The molecule has 5 rings (SSSR count). The van der Waals surface area contributed by atoms with Crippen molar-refractivity contribution in [2.75, 3.05) is 11.9 Å². The number of ether oxygens (including phenoxy) is 1. The summed E-state index contributed by atoms with van der Waals surface area (Å²) in [5.74, 6) is -0.879. The Kier molecular flexibility index (Phi) is 8.18. The maximum atomic E-state index is 13.1. The first kappa shape index (κ1) is 26.9. The van der Waals surface area contributed by atoms with E-state index in [1.807, 2.05) is 97.1 Å². The first-order valence-electron chi connectivity index (χ1n) is 13.2. The summed E-state index contributed by atoms with van der Waals surface area (Å²) in [4.78, 5) is 25.4. The van der Waals surface area contributed by atoms with Crippen molar-refractivity contribution in [2.45, 2.75) is 6.92 Å². The number of anilines is 1. The average Bonchev–Trinajstić information content (AvgIpc) is 3.40. The highest BCUT2D eigenvalue weighted by molar-refractivity contribution is 6.10. The lowest BCUT2D eigenvalue weighted by molar-refractivity contribution is -0.112. The molecule has 1 aromatic heterocycles. The molecule has 4 aromatic carbocycles. The van der Waals surface area contributed by atoms with Gasteiger partial charge in [0.05, 0.1) is 23.6 Å². The summed E-state index contributed by atoms with van der Waals surface area (Å²) in [7, 11) is 0. The van der Waals surface area contributed by atoms with Crippen LogP contribution in [0.1, 0.15) is 22.8 Å². The Labute approximate surface area is 238 Å². The van der Waals surface area contributed by atoms with Gasteiger partial charge in [-0.2, -0.15) is 5.26 Å². The minimum Gasteiger partial charge on any atom is -0.462 e. The molecular weight excluding hydrogens is 510 g/mol. The first-order valence-corrected chi connectivity index (χ1v) is 13.2. The van der Waals surface area contributed by atoms with Gasteiger partial charge in [0, 0.05) is 16.9 Å². The Morgan fingerprint density at radius 1 is 0.829 bits per heavy atom. The Balaban J connectivity index is 1.71. The predicted octanol–water partition coefficient (Wildman–Crippen LogP) is 7.53. The van der Waals surface area contributed by atoms with Crippen molar-refractivity contribution in [1.82, 2.24) is 4.57 Å². The highest BCUT2D eigenvalue weighted by Crippen LogP contribution is 2.37. The van der Waals surface area contributed by atoms with E-state index in [9.17, 15) is 14.9 Å². The minimum atomic E-state index is -0.495. The number of esters is 1. The van der Waals surface area contributed by atoms with Crippen molar-refractivity contribution in [3.05, 3.63) is 138 Å². The Morgan fingerprint density at radius 2 is 1.41 bits per heavy atom. The normalized spacial score (nSPS) is 11.0. The van der Waals surface area contributed by atoms with Crippen LogP contribution in [0.2, 0.25) is 0 Å². The van der Waals surface area contributed by atoms with Gasteiger partial charge in [-0.15, -0.1) is 0 Å². The lowest BCUT2D eigenvalue weighted by Crippen LogP contribution is -2.13. The molecule has 200 valence electrons. The average molecular weight is 538 g/mol. The number of benzene rings is 4. The number of amides is 1. The summed E-state index contributed by atoms with van der Waals surface area (Å²) < 4.78 is 7.24. The zero-order valence-electron chi connectivity index (χ0n) is 22.5. The summed E-state index contributed by atoms with van der Waals surface area (Å²) in [6.07, 6.45) is 1.62. The van der Waals surface area contributed by atoms with Crippen LogP contribution in [-0.4, -0.2) is 23.1 Å². The quantitative estimate of drug-likeness (QED) is 0.126. The summed E-state index contributed by atoms with van der Waals surface area (Å²) in [5, 5.41) is 12.8. The molecule has 0 aliphatic rings. The lowest BCUT2D eigenvalue weighted by atomic mass is 10.0. The maximum Gasteiger partial charge on any atom is 0.338 e. The number of carbonyl (C=O) groups is 2. The fourth-order valence-corrected chi connectivity index (χ4v) is 4.61. The van der Waals surface area contributed by atoms with Crippen molar-refractivity contribution in [1.29, 1.82) is 5.26 Å². The Hall–Kier alpha value is -5.67. The monoisotopic (exact) mass is 537 g/mol. The van der Waals surface area contributed by atoms with Crippen LogP contribution in [0.15, 0.2) is 127 Å². The summed E-state index contributed by atoms with van der Waals surface area (Å²) in [6, 6.07) is 40.0. The van der Waals surface area contributed by atoms with E-state index in [2.05, 4.69) is 16.0 Å². The number of para-hydroxylation sites is 1. The van der Waals surface area contributed by atoms with Crippen molar-refractivity contribution >= 4 is 23.6 Å². The van der Waals surface area contributed by atoms with E-state index in [4.69, 9.17) is 4.74 Å². The standard InChI is InChI=1S/C35H27N3O3/c1-2-41-35(40)27-18-20-31(21-19-27)38-32(25-12-6-3-7-13-25)23-28(33(38)26-14-8-4-9-15-26)22-29(24-36)34(39)37-30-16-10-5-11-17-30/h3-23H,2H2,1H3,(H,37,39)/b29-22-.